The molecule has 0 atom stereocenters. The molecule has 0 radical (unpaired) electrons. The molecule has 0 amide bonds. The standard InChI is InChI=1S/C62H46N2/c1-61(2)53-21-13-12-20-49(53)50-31-28-44(36-54(50)61)63(43-26-22-40(23-27-43)39-14-6-5-7-15-39)45-29-32-51-52-33-30-46(38-56(52)62(3,4)55(51)37-45)64-57-34-24-41-16-8-10-18-47(41)59(57)60-48-19-11-9-17-42(48)25-35-58(60)64/h5-38H,1-4H3. The van der Waals surface area contributed by atoms with Gasteiger partial charge in [-0.2, -0.15) is 0 Å². The van der Waals surface area contributed by atoms with Crippen molar-refractivity contribution in [3.63, 3.8) is 0 Å². The summed E-state index contributed by atoms with van der Waals surface area (Å²) in [5.41, 5.74) is 19.9. The van der Waals surface area contributed by atoms with E-state index in [4.69, 9.17) is 0 Å². The molecular formula is C62H46N2. The number of anilines is 3. The summed E-state index contributed by atoms with van der Waals surface area (Å²) in [6, 6.07) is 77.0. The zero-order chi connectivity index (χ0) is 42.9. The normalized spacial score (nSPS) is 14.2. The van der Waals surface area contributed by atoms with Gasteiger partial charge >= 0.3 is 0 Å². The highest BCUT2D eigenvalue weighted by molar-refractivity contribution is 6.28. The van der Waals surface area contributed by atoms with Crippen molar-refractivity contribution in [3.05, 3.63) is 229 Å². The molecule has 0 fully saturated rings. The zero-order valence-corrected chi connectivity index (χ0v) is 36.5. The second kappa shape index (κ2) is 13.4. The first kappa shape index (κ1) is 36.9. The van der Waals surface area contributed by atoms with Crippen molar-refractivity contribution >= 4 is 60.4 Å². The average Bonchev–Trinajstić information content (AvgIpc) is 3.89. The van der Waals surface area contributed by atoms with Crippen LogP contribution in [0.1, 0.15) is 49.9 Å². The highest BCUT2D eigenvalue weighted by Crippen LogP contribution is 2.54. The number of nitrogens with zero attached hydrogens (tertiary/aromatic N) is 2. The number of fused-ring (bicyclic) bond motifs is 13. The van der Waals surface area contributed by atoms with E-state index in [9.17, 15) is 0 Å². The van der Waals surface area contributed by atoms with Gasteiger partial charge in [0.25, 0.3) is 0 Å². The van der Waals surface area contributed by atoms with Gasteiger partial charge in [0.2, 0.25) is 0 Å². The van der Waals surface area contributed by atoms with Crippen LogP contribution in [0.3, 0.4) is 0 Å². The lowest BCUT2D eigenvalue weighted by Crippen LogP contribution is -2.18. The molecule has 2 heteroatoms. The van der Waals surface area contributed by atoms with E-state index in [2.05, 4.69) is 243 Å². The van der Waals surface area contributed by atoms with Gasteiger partial charge < -0.3 is 9.47 Å². The van der Waals surface area contributed by atoms with Crippen LogP contribution in [-0.2, 0) is 10.8 Å². The quantitative estimate of drug-likeness (QED) is 0.168. The maximum Gasteiger partial charge on any atom is 0.0547 e. The molecule has 0 unspecified atom stereocenters. The molecule has 0 aliphatic heterocycles. The summed E-state index contributed by atoms with van der Waals surface area (Å²) < 4.78 is 2.50. The summed E-state index contributed by atoms with van der Waals surface area (Å²) in [6.45, 7) is 9.56. The minimum absolute atomic E-state index is 0.110. The third-order valence-corrected chi connectivity index (χ3v) is 14.8. The number of hydrogen-bond acceptors (Lipinski definition) is 1. The molecule has 0 N–H and O–H groups in total. The predicted molar refractivity (Wildman–Crippen MR) is 271 cm³/mol. The van der Waals surface area contributed by atoms with Crippen LogP contribution in [0.5, 0.6) is 0 Å². The van der Waals surface area contributed by atoms with Crippen molar-refractivity contribution in [2.75, 3.05) is 4.90 Å². The van der Waals surface area contributed by atoms with Crippen LogP contribution >= 0.6 is 0 Å². The Balaban J connectivity index is 0.962. The van der Waals surface area contributed by atoms with Gasteiger partial charge in [-0.15, -0.1) is 0 Å². The Labute approximate surface area is 374 Å². The summed E-state index contributed by atoms with van der Waals surface area (Å²) in [5, 5.41) is 7.73. The van der Waals surface area contributed by atoms with Crippen molar-refractivity contribution in [2.45, 2.75) is 38.5 Å². The first-order valence-corrected chi connectivity index (χ1v) is 22.6. The topological polar surface area (TPSA) is 8.17 Å². The smallest absolute Gasteiger partial charge is 0.0547 e. The van der Waals surface area contributed by atoms with E-state index < -0.39 is 0 Å². The maximum absolute atomic E-state index is 2.50. The third-order valence-electron chi connectivity index (χ3n) is 14.8. The van der Waals surface area contributed by atoms with E-state index >= 15 is 0 Å². The van der Waals surface area contributed by atoms with E-state index in [-0.39, 0.29) is 10.8 Å². The molecule has 0 bridgehead atoms. The molecule has 0 saturated carbocycles. The molecular weight excluding hydrogens is 773 g/mol. The summed E-state index contributed by atoms with van der Waals surface area (Å²) in [6.07, 6.45) is 0. The molecule has 1 aromatic heterocycles. The minimum Gasteiger partial charge on any atom is -0.310 e. The van der Waals surface area contributed by atoms with Crippen LogP contribution in [0.2, 0.25) is 0 Å². The first-order chi connectivity index (χ1) is 31.3. The average molecular weight is 819 g/mol. The second-order valence-corrected chi connectivity index (χ2v) is 18.9. The Kier molecular flexibility index (Phi) is 7.74. The molecule has 0 saturated heterocycles. The summed E-state index contributed by atoms with van der Waals surface area (Å²) in [5.74, 6) is 0. The van der Waals surface area contributed by atoms with Crippen molar-refractivity contribution < 1.29 is 0 Å². The molecule has 2 aliphatic carbocycles. The molecule has 64 heavy (non-hydrogen) atoms. The van der Waals surface area contributed by atoms with Gasteiger partial charge in [0.15, 0.2) is 0 Å². The molecule has 10 aromatic carbocycles. The van der Waals surface area contributed by atoms with E-state index in [1.165, 1.54) is 105 Å². The molecule has 304 valence electrons. The van der Waals surface area contributed by atoms with Crippen molar-refractivity contribution in [1.29, 1.82) is 0 Å². The highest BCUT2D eigenvalue weighted by atomic mass is 15.1. The Bertz CT molecular complexity index is 3620. The van der Waals surface area contributed by atoms with Gasteiger partial charge in [0.05, 0.1) is 11.0 Å². The summed E-state index contributed by atoms with van der Waals surface area (Å²) in [4.78, 5) is 2.46. The molecule has 1 heterocycles. The molecule has 2 aliphatic rings. The lowest BCUT2D eigenvalue weighted by molar-refractivity contribution is 0.659. The van der Waals surface area contributed by atoms with Crippen LogP contribution in [0.4, 0.5) is 17.1 Å². The first-order valence-electron chi connectivity index (χ1n) is 22.6. The molecule has 13 rings (SSSR count). The van der Waals surface area contributed by atoms with Crippen LogP contribution in [-0.4, -0.2) is 4.57 Å². The van der Waals surface area contributed by atoms with E-state index in [0.717, 1.165) is 17.1 Å². The highest BCUT2D eigenvalue weighted by Gasteiger charge is 2.38. The van der Waals surface area contributed by atoms with Crippen LogP contribution in [0.15, 0.2) is 206 Å². The fourth-order valence-corrected chi connectivity index (χ4v) is 11.5. The van der Waals surface area contributed by atoms with Crippen molar-refractivity contribution in [2.24, 2.45) is 0 Å². The Hall–Kier alpha value is -7.68. The number of rotatable bonds is 5. The Morgan fingerprint density at radius 2 is 0.797 bits per heavy atom. The predicted octanol–water partition coefficient (Wildman–Crippen LogP) is 16.8. The largest absolute Gasteiger partial charge is 0.310 e. The Morgan fingerprint density at radius 3 is 1.41 bits per heavy atom. The molecule has 2 nitrogen and oxygen atoms in total. The monoisotopic (exact) mass is 818 g/mol. The SMILES string of the molecule is CC1(C)c2ccccc2-c2ccc(N(c3ccc(-c4ccccc4)cc3)c3ccc4c(c3)C(C)(C)c3cc(-n5c6ccc7ccccc7c6c6c7ccccc7ccc65)ccc3-4)cc21. The van der Waals surface area contributed by atoms with E-state index in [1.54, 1.807) is 0 Å². The minimum atomic E-state index is -0.251. The lowest BCUT2D eigenvalue weighted by Gasteiger charge is -2.30. The molecule has 0 spiro atoms. The molecule has 11 aromatic rings. The second-order valence-electron chi connectivity index (χ2n) is 18.9. The van der Waals surface area contributed by atoms with Gasteiger partial charge in [-0.3, -0.25) is 0 Å². The van der Waals surface area contributed by atoms with Gasteiger partial charge in [0.1, 0.15) is 0 Å². The lowest BCUT2D eigenvalue weighted by atomic mass is 9.82. The van der Waals surface area contributed by atoms with Gasteiger partial charge in [0, 0.05) is 44.4 Å². The number of aromatic nitrogens is 1. The fourth-order valence-electron chi connectivity index (χ4n) is 11.5. The Morgan fingerprint density at radius 1 is 0.344 bits per heavy atom. The summed E-state index contributed by atoms with van der Waals surface area (Å²) >= 11 is 0. The number of benzene rings is 10. The van der Waals surface area contributed by atoms with E-state index in [1.807, 2.05) is 0 Å². The van der Waals surface area contributed by atoms with Crippen LogP contribution < -0.4 is 4.90 Å². The third kappa shape index (κ3) is 5.20. The van der Waals surface area contributed by atoms with Crippen LogP contribution in [0, 0.1) is 0 Å². The number of hydrogen-bond donors (Lipinski definition) is 0. The van der Waals surface area contributed by atoms with Gasteiger partial charge in [-0.1, -0.05) is 173 Å². The maximum atomic E-state index is 2.50. The van der Waals surface area contributed by atoms with Crippen molar-refractivity contribution in [1.82, 2.24) is 4.57 Å². The van der Waals surface area contributed by atoms with Gasteiger partial charge in [-0.25, -0.2) is 0 Å². The van der Waals surface area contributed by atoms with E-state index in [0.29, 0.717) is 0 Å². The van der Waals surface area contributed by atoms with Gasteiger partial charge in [-0.05, 0) is 138 Å². The van der Waals surface area contributed by atoms with Crippen LogP contribution in [0.25, 0.3) is 82.4 Å². The summed E-state index contributed by atoms with van der Waals surface area (Å²) in [7, 11) is 0. The fraction of sp³-hybridized carbons (Fsp3) is 0.0968. The van der Waals surface area contributed by atoms with Crippen molar-refractivity contribution in [3.8, 4) is 39.1 Å². The zero-order valence-electron chi connectivity index (χ0n) is 36.5.